The van der Waals surface area contributed by atoms with Gasteiger partial charge in [-0.2, -0.15) is 0 Å². The van der Waals surface area contributed by atoms with Gasteiger partial charge in [0.15, 0.2) is 0 Å². The highest BCUT2D eigenvalue weighted by Crippen LogP contribution is 2.47. The van der Waals surface area contributed by atoms with Crippen molar-refractivity contribution in [2.75, 3.05) is 13.6 Å². The standard InChI is InChI=1S/C7H15N.C2H6/c1-7(3-4-7)5-6-8-2;1-2/h8H,3-6H2,1-2H3;1-2H3. The molecule has 0 bridgehead atoms. The molecule has 1 rings (SSSR count). The first-order valence-corrected chi connectivity index (χ1v) is 4.41. The maximum absolute atomic E-state index is 3.16. The first kappa shape index (κ1) is 9.96. The number of hydrogen-bond acceptors (Lipinski definition) is 1. The van der Waals surface area contributed by atoms with Gasteiger partial charge >= 0.3 is 0 Å². The van der Waals surface area contributed by atoms with Crippen LogP contribution in [0.25, 0.3) is 0 Å². The second-order valence-corrected chi connectivity index (χ2v) is 3.16. The fraction of sp³-hybridized carbons (Fsp3) is 1.00. The average molecular weight is 143 g/mol. The molecule has 1 saturated carbocycles. The molecule has 1 N–H and O–H groups in total. The van der Waals surface area contributed by atoms with Crippen molar-refractivity contribution in [1.29, 1.82) is 0 Å². The van der Waals surface area contributed by atoms with Crippen molar-refractivity contribution in [3.8, 4) is 0 Å². The number of rotatable bonds is 3. The lowest BCUT2D eigenvalue weighted by atomic mass is 10.1. The molecule has 0 unspecified atom stereocenters. The minimum Gasteiger partial charge on any atom is -0.320 e. The molecule has 0 heterocycles. The highest BCUT2D eigenvalue weighted by molar-refractivity contribution is 4.88. The van der Waals surface area contributed by atoms with Crippen LogP contribution in [0.3, 0.4) is 0 Å². The predicted octanol–water partition coefficient (Wildman–Crippen LogP) is 2.42. The molecule has 1 aliphatic rings. The van der Waals surface area contributed by atoms with Crippen LogP contribution in [0.1, 0.15) is 40.0 Å². The Morgan fingerprint density at radius 1 is 1.30 bits per heavy atom. The van der Waals surface area contributed by atoms with Gasteiger partial charge in [-0.3, -0.25) is 0 Å². The van der Waals surface area contributed by atoms with Crippen LogP contribution < -0.4 is 5.32 Å². The summed E-state index contributed by atoms with van der Waals surface area (Å²) in [6.45, 7) is 7.56. The van der Waals surface area contributed by atoms with Crippen LogP contribution in [0.4, 0.5) is 0 Å². The molecule has 62 valence electrons. The molecule has 10 heavy (non-hydrogen) atoms. The van der Waals surface area contributed by atoms with E-state index in [4.69, 9.17) is 0 Å². The third-order valence-corrected chi connectivity index (χ3v) is 2.08. The van der Waals surface area contributed by atoms with Crippen molar-refractivity contribution in [3.63, 3.8) is 0 Å². The summed E-state index contributed by atoms with van der Waals surface area (Å²) in [5.74, 6) is 0. The molecule has 0 aromatic carbocycles. The summed E-state index contributed by atoms with van der Waals surface area (Å²) in [5.41, 5.74) is 0.739. The minimum absolute atomic E-state index is 0.739. The highest BCUT2D eigenvalue weighted by Gasteiger charge is 2.35. The van der Waals surface area contributed by atoms with Gasteiger partial charge in [-0.05, 0) is 38.3 Å². The summed E-state index contributed by atoms with van der Waals surface area (Å²) in [7, 11) is 2.02. The van der Waals surface area contributed by atoms with Gasteiger partial charge in [0.2, 0.25) is 0 Å². The van der Waals surface area contributed by atoms with Crippen LogP contribution in [0.15, 0.2) is 0 Å². The molecule has 1 aliphatic carbocycles. The van der Waals surface area contributed by atoms with Crippen LogP contribution in [0.5, 0.6) is 0 Å². The second kappa shape index (κ2) is 4.73. The van der Waals surface area contributed by atoms with E-state index in [1.165, 1.54) is 25.8 Å². The zero-order chi connectivity index (χ0) is 8.04. The molecule has 0 radical (unpaired) electrons. The van der Waals surface area contributed by atoms with Gasteiger partial charge in [-0.15, -0.1) is 0 Å². The smallest absolute Gasteiger partial charge is 0.00467 e. The van der Waals surface area contributed by atoms with Crippen LogP contribution in [-0.2, 0) is 0 Å². The van der Waals surface area contributed by atoms with E-state index < -0.39 is 0 Å². The van der Waals surface area contributed by atoms with Crippen LogP contribution >= 0.6 is 0 Å². The summed E-state index contributed by atoms with van der Waals surface area (Å²) in [5, 5.41) is 3.16. The van der Waals surface area contributed by atoms with Gasteiger partial charge in [0.1, 0.15) is 0 Å². The summed E-state index contributed by atoms with van der Waals surface area (Å²) >= 11 is 0. The molecule has 0 aromatic heterocycles. The molecule has 1 fully saturated rings. The summed E-state index contributed by atoms with van der Waals surface area (Å²) in [6, 6.07) is 0. The third kappa shape index (κ3) is 3.89. The van der Waals surface area contributed by atoms with E-state index >= 15 is 0 Å². The Kier molecular flexibility index (Phi) is 4.71. The van der Waals surface area contributed by atoms with E-state index in [1.54, 1.807) is 0 Å². The fourth-order valence-electron chi connectivity index (χ4n) is 0.890. The van der Waals surface area contributed by atoms with E-state index in [-0.39, 0.29) is 0 Å². The van der Waals surface area contributed by atoms with Gasteiger partial charge in [0, 0.05) is 0 Å². The Hall–Kier alpha value is -0.0400. The number of hydrogen-bond donors (Lipinski definition) is 1. The van der Waals surface area contributed by atoms with Crippen molar-refractivity contribution in [1.82, 2.24) is 5.32 Å². The van der Waals surface area contributed by atoms with Crippen molar-refractivity contribution in [2.24, 2.45) is 5.41 Å². The zero-order valence-corrected chi connectivity index (χ0v) is 7.83. The van der Waals surface area contributed by atoms with Crippen molar-refractivity contribution >= 4 is 0 Å². The molecule has 0 amide bonds. The van der Waals surface area contributed by atoms with E-state index in [2.05, 4.69) is 12.2 Å². The molecule has 1 heteroatoms. The largest absolute Gasteiger partial charge is 0.320 e. The Balaban J connectivity index is 0.000000371. The minimum atomic E-state index is 0.739. The SMILES string of the molecule is CC.CNCCC1(C)CC1. The lowest BCUT2D eigenvalue weighted by Crippen LogP contribution is -2.11. The molecular formula is C9H21N. The fourth-order valence-corrected chi connectivity index (χ4v) is 0.890. The van der Waals surface area contributed by atoms with E-state index in [9.17, 15) is 0 Å². The zero-order valence-electron chi connectivity index (χ0n) is 7.83. The van der Waals surface area contributed by atoms with Crippen LogP contribution in [0, 0.1) is 5.41 Å². The molecule has 0 atom stereocenters. The van der Waals surface area contributed by atoms with E-state index in [0.29, 0.717) is 0 Å². The van der Waals surface area contributed by atoms with Gasteiger partial charge in [-0.25, -0.2) is 0 Å². The van der Waals surface area contributed by atoms with Crippen LogP contribution in [-0.4, -0.2) is 13.6 Å². The second-order valence-electron chi connectivity index (χ2n) is 3.16. The Bertz CT molecular complexity index is 74.8. The van der Waals surface area contributed by atoms with Gasteiger partial charge in [0.25, 0.3) is 0 Å². The first-order chi connectivity index (χ1) is 4.77. The quantitative estimate of drug-likeness (QED) is 0.640. The predicted molar refractivity (Wildman–Crippen MR) is 47.2 cm³/mol. The highest BCUT2D eigenvalue weighted by atomic mass is 14.8. The molecule has 0 aliphatic heterocycles. The topological polar surface area (TPSA) is 12.0 Å². The van der Waals surface area contributed by atoms with E-state index in [0.717, 1.165) is 5.41 Å². The summed E-state index contributed by atoms with van der Waals surface area (Å²) < 4.78 is 0. The summed E-state index contributed by atoms with van der Waals surface area (Å²) in [4.78, 5) is 0. The molecule has 0 spiro atoms. The Labute approximate surface area is 65.2 Å². The van der Waals surface area contributed by atoms with Gasteiger partial charge in [0.05, 0.1) is 0 Å². The maximum atomic E-state index is 3.16. The monoisotopic (exact) mass is 143 g/mol. The normalized spacial score (nSPS) is 19.2. The lowest BCUT2D eigenvalue weighted by molar-refractivity contribution is 0.502. The molecule has 0 saturated heterocycles. The Morgan fingerprint density at radius 2 is 1.80 bits per heavy atom. The molecular weight excluding hydrogens is 122 g/mol. The number of nitrogens with one attached hydrogen (secondary N) is 1. The van der Waals surface area contributed by atoms with Gasteiger partial charge < -0.3 is 5.32 Å². The van der Waals surface area contributed by atoms with E-state index in [1.807, 2.05) is 20.9 Å². The average Bonchev–Trinajstić information content (AvgIpc) is 2.70. The maximum Gasteiger partial charge on any atom is -0.00467 e. The molecule has 1 nitrogen and oxygen atoms in total. The van der Waals surface area contributed by atoms with Crippen molar-refractivity contribution in [2.45, 2.75) is 40.0 Å². The third-order valence-electron chi connectivity index (χ3n) is 2.08. The van der Waals surface area contributed by atoms with Gasteiger partial charge in [-0.1, -0.05) is 20.8 Å². The van der Waals surface area contributed by atoms with Crippen molar-refractivity contribution in [3.05, 3.63) is 0 Å². The summed E-state index contributed by atoms with van der Waals surface area (Å²) in [6.07, 6.45) is 4.27. The Morgan fingerprint density at radius 3 is 2.10 bits per heavy atom. The molecule has 0 aromatic rings. The first-order valence-electron chi connectivity index (χ1n) is 4.41. The lowest BCUT2D eigenvalue weighted by Gasteiger charge is -2.04. The van der Waals surface area contributed by atoms with Crippen molar-refractivity contribution < 1.29 is 0 Å². The van der Waals surface area contributed by atoms with Crippen LogP contribution in [0.2, 0.25) is 0 Å².